The molecule has 1 fully saturated rings. The van der Waals surface area contributed by atoms with Crippen LogP contribution in [0.3, 0.4) is 0 Å². The lowest BCUT2D eigenvalue weighted by atomic mass is 9.88. The minimum Gasteiger partial charge on any atom is -0.369 e. The maximum Gasteiger partial charge on any atom is 0.323 e. The van der Waals surface area contributed by atoms with Crippen molar-refractivity contribution in [1.29, 1.82) is 0 Å². The zero-order valence-electron chi connectivity index (χ0n) is 21.1. The van der Waals surface area contributed by atoms with E-state index in [0.29, 0.717) is 16.9 Å². The highest BCUT2D eigenvalue weighted by molar-refractivity contribution is 6.03. The zero-order chi connectivity index (χ0) is 26.3. The lowest BCUT2D eigenvalue weighted by Gasteiger charge is -2.33. The number of piperidine rings is 1. The van der Waals surface area contributed by atoms with Gasteiger partial charge in [-0.05, 0) is 59.9 Å². The fourth-order valence-corrected chi connectivity index (χ4v) is 4.92. The lowest BCUT2D eigenvalue weighted by Crippen LogP contribution is -2.32. The Morgan fingerprint density at radius 2 is 1.21 bits per heavy atom. The molecule has 4 N–H and O–H groups in total. The Hall–Kier alpha value is -4.84. The average molecular weight is 503 g/mol. The van der Waals surface area contributed by atoms with E-state index < -0.39 is 5.91 Å². The summed E-state index contributed by atoms with van der Waals surface area (Å²) in [6.07, 6.45) is 1.76. The first-order chi connectivity index (χ1) is 18.6. The predicted molar refractivity (Wildman–Crippen MR) is 154 cm³/mol. The molecule has 1 saturated heterocycles. The molecular formula is C32H30N4O2. The Kier molecular flexibility index (Phi) is 7.50. The number of carbonyl (C=O) groups excluding carboxylic acids is 2. The van der Waals surface area contributed by atoms with Gasteiger partial charge in [0.25, 0.3) is 0 Å². The number of amides is 3. The summed E-state index contributed by atoms with van der Waals surface area (Å²) in [4.78, 5) is 26.9. The van der Waals surface area contributed by atoms with Crippen molar-refractivity contribution in [2.75, 3.05) is 28.6 Å². The first kappa shape index (κ1) is 24.8. The van der Waals surface area contributed by atoms with E-state index in [-0.39, 0.29) is 6.03 Å². The molecule has 0 radical (unpaired) electrons. The van der Waals surface area contributed by atoms with E-state index in [9.17, 15) is 9.59 Å². The average Bonchev–Trinajstić information content (AvgIpc) is 2.95. The number of hydrogen-bond donors (Lipinski definition) is 3. The number of rotatable bonds is 6. The molecule has 6 heteroatoms. The molecule has 0 aromatic heterocycles. The van der Waals surface area contributed by atoms with E-state index in [1.807, 2.05) is 48.5 Å². The Morgan fingerprint density at radius 3 is 1.76 bits per heavy atom. The van der Waals surface area contributed by atoms with Crippen molar-refractivity contribution in [1.82, 2.24) is 0 Å². The first-order valence-electron chi connectivity index (χ1n) is 12.7. The number of nitrogens with zero attached hydrogens (tertiary/aromatic N) is 1. The van der Waals surface area contributed by atoms with Crippen molar-refractivity contribution in [3.63, 3.8) is 0 Å². The molecule has 6 nitrogen and oxygen atoms in total. The summed E-state index contributed by atoms with van der Waals surface area (Å²) in [5.74, 6) is -0.540. The molecule has 190 valence electrons. The summed E-state index contributed by atoms with van der Waals surface area (Å²) in [6.45, 7) is 1.56. The highest BCUT2D eigenvalue weighted by Gasteiger charge is 2.22. The van der Waals surface area contributed by atoms with Crippen LogP contribution >= 0.6 is 0 Å². The van der Waals surface area contributed by atoms with Crippen molar-refractivity contribution in [2.24, 2.45) is 5.73 Å². The summed E-state index contributed by atoms with van der Waals surface area (Å²) in [7, 11) is 0. The number of para-hydroxylation sites is 1. The molecule has 0 saturated carbocycles. The molecule has 38 heavy (non-hydrogen) atoms. The molecule has 1 aliphatic rings. The van der Waals surface area contributed by atoms with Gasteiger partial charge in [-0.25, -0.2) is 4.79 Å². The van der Waals surface area contributed by atoms with Gasteiger partial charge in [0, 0.05) is 24.3 Å². The Morgan fingerprint density at radius 1 is 0.658 bits per heavy atom. The second-order valence-electron chi connectivity index (χ2n) is 9.24. The first-order valence-corrected chi connectivity index (χ1v) is 12.7. The summed E-state index contributed by atoms with van der Waals surface area (Å²) >= 11 is 0. The normalized spacial score (nSPS) is 13.1. The number of carbonyl (C=O) groups is 2. The van der Waals surface area contributed by atoms with Crippen molar-refractivity contribution < 1.29 is 9.59 Å². The molecule has 0 unspecified atom stereocenters. The molecular weight excluding hydrogens is 472 g/mol. The molecule has 4 aromatic rings. The Bertz CT molecular complexity index is 1400. The van der Waals surface area contributed by atoms with Crippen LogP contribution in [0.15, 0.2) is 115 Å². The molecule has 0 atom stereocenters. The van der Waals surface area contributed by atoms with Gasteiger partial charge in [0.1, 0.15) is 0 Å². The summed E-state index contributed by atoms with van der Waals surface area (Å²) in [5, 5.41) is 5.76. The van der Waals surface area contributed by atoms with Crippen LogP contribution in [0, 0.1) is 0 Å². The smallest absolute Gasteiger partial charge is 0.323 e. The van der Waals surface area contributed by atoms with E-state index in [0.717, 1.165) is 31.6 Å². The van der Waals surface area contributed by atoms with E-state index in [4.69, 9.17) is 5.73 Å². The van der Waals surface area contributed by atoms with E-state index in [1.54, 1.807) is 12.1 Å². The number of nitrogens with two attached hydrogens (primary N) is 1. The lowest BCUT2D eigenvalue weighted by molar-refractivity contribution is 0.100. The maximum absolute atomic E-state index is 12.8. The quantitative estimate of drug-likeness (QED) is 0.280. The van der Waals surface area contributed by atoms with Crippen LogP contribution < -0.4 is 21.3 Å². The minimum absolute atomic E-state index is 0.344. The van der Waals surface area contributed by atoms with Crippen LogP contribution in [0.5, 0.6) is 0 Å². The van der Waals surface area contributed by atoms with Gasteiger partial charge < -0.3 is 21.3 Å². The van der Waals surface area contributed by atoms with Crippen LogP contribution in [0.1, 0.15) is 34.3 Å². The number of hydrogen-bond acceptors (Lipinski definition) is 3. The standard InChI is InChI=1S/C32H30N4O2/c33-31(37)26-16-17-29(28(22-26)35-32(38)34-27-14-8-3-9-15-27)36-20-18-25(19-21-36)30(23-10-4-1-5-11-23)24-12-6-2-7-13-24/h1-17,22H,18-21H2,(H2,33,37)(H2,34,35,38). The number of primary amides is 1. The third-order valence-electron chi connectivity index (χ3n) is 6.75. The fourth-order valence-electron chi connectivity index (χ4n) is 4.92. The SMILES string of the molecule is NC(=O)c1ccc(N2CCC(=C(c3ccccc3)c3ccccc3)CC2)c(NC(=O)Nc2ccccc2)c1. The minimum atomic E-state index is -0.540. The monoisotopic (exact) mass is 502 g/mol. The topological polar surface area (TPSA) is 87.5 Å². The third-order valence-corrected chi connectivity index (χ3v) is 6.75. The van der Waals surface area contributed by atoms with Gasteiger partial charge in [-0.15, -0.1) is 0 Å². The van der Waals surface area contributed by atoms with Gasteiger partial charge in [-0.3, -0.25) is 4.79 Å². The summed E-state index contributed by atoms with van der Waals surface area (Å²) < 4.78 is 0. The molecule has 1 heterocycles. The van der Waals surface area contributed by atoms with Crippen LogP contribution in [-0.4, -0.2) is 25.0 Å². The molecule has 0 aliphatic carbocycles. The number of benzene rings is 4. The Balaban J connectivity index is 1.40. The van der Waals surface area contributed by atoms with Crippen molar-refractivity contribution in [3.8, 4) is 0 Å². The maximum atomic E-state index is 12.8. The van der Waals surface area contributed by atoms with Crippen LogP contribution in [-0.2, 0) is 0 Å². The van der Waals surface area contributed by atoms with Crippen LogP contribution in [0.2, 0.25) is 0 Å². The highest BCUT2D eigenvalue weighted by Crippen LogP contribution is 2.36. The van der Waals surface area contributed by atoms with Gasteiger partial charge in [0.05, 0.1) is 11.4 Å². The third kappa shape index (κ3) is 5.76. The van der Waals surface area contributed by atoms with E-state index >= 15 is 0 Å². The van der Waals surface area contributed by atoms with Gasteiger partial charge in [-0.2, -0.15) is 0 Å². The fraction of sp³-hybridized carbons (Fsp3) is 0.125. The van der Waals surface area contributed by atoms with Crippen molar-refractivity contribution >= 4 is 34.6 Å². The van der Waals surface area contributed by atoms with Crippen molar-refractivity contribution in [2.45, 2.75) is 12.8 Å². The predicted octanol–water partition coefficient (Wildman–Crippen LogP) is 6.53. The van der Waals surface area contributed by atoms with Crippen LogP contribution in [0.25, 0.3) is 5.57 Å². The second kappa shape index (κ2) is 11.5. The van der Waals surface area contributed by atoms with Gasteiger partial charge in [0.2, 0.25) is 5.91 Å². The number of anilines is 3. The molecule has 4 aromatic carbocycles. The highest BCUT2D eigenvalue weighted by atomic mass is 16.2. The van der Waals surface area contributed by atoms with Gasteiger partial charge in [-0.1, -0.05) is 84.4 Å². The largest absolute Gasteiger partial charge is 0.369 e. The molecule has 5 rings (SSSR count). The number of urea groups is 1. The van der Waals surface area contributed by atoms with Crippen LogP contribution in [0.4, 0.5) is 21.9 Å². The molecule has 0 spiro atoms. The van der Waals surface area contributed by atoms with Gasteiger partial charge in [0.15, 0.2) is 0 Å². The summed E-state index contributed by atoms with van der Waals surface area (Å²) in [5.41, 5.74) is 13.1. The molecule has 0 bridgehead atoms. The second-order valence-corrected chi connectivity index (χ2v) is 9.24. The van der Waals surface area contributed by atoms with E-state index in [1.165, 1.54) is 22.3 Å². The van der Waals surface area contributed by atoms with E-state index in [2.05, 4.69) is 64.1 Å². The molecule has 3 amide bonds. The Labute approximate surface area is 222 Å². The van der Waals surface area contributed by atoms with Gasteiger partial charge >= 0.3 is 6.03 Å². The zero-order valence-corrected chi connectivity index (χ0v) is 21.1. The van der Waals surface area contributed by atoms with Crippen molar-refractivity contribution in [3.05, 3.63) is 131 Å². The molecule has 1 aliphatic heterocycles. The summed E-state index contributed by atoms with van der Waals surface area (Å²) in [6, 6.07) is 35.1. The number of nitrogens with one attached hydrogen (secondary N) is 2.